The van der Waals surface area contributed by atoms with E-state index in [9.17, 15) is 24.9 Å². The quantitative estimate of drug-likeness (QED) is 0.499. The largest absolute Gasteiger partial charge is 0.394 e. The topological polar surface area (TPSA) is 132 Å². The number of ether oxygens (including phenoxy) is 1. The van der Waals surface area contributed by atoms with Gasteiger partial charge in [0.1, 0.15) is 18.3 Å². The Morgan fingerprint density at radius 1 is 1.14 bits per heavy atom. The van der Waals surface area contributed by atoms with Crippen LogP contribution in [0.5, 0.6) is 0 Å². The Kier molecular flexibility index (Phi) is 4.63. The number of rotatable bonds is 4. The molecule has 10 nitrogen and oxygen atoms in total. The number of aliphatic hydroxyl groups excluding tert-OH is 3. The fourth-order valence-corrected chi connectivity index (χ4v) is 3.54. The number of fused-ring (bicyclic) bond motifs is 1. The van der Waals surface area contributed by atoms with Gasteiger partial charge in [-0.3, -0.25) is 18.6 Å². The summed E-state index contributed by atoms with van der Waals surface area (Å²) < 4.78 is 9.10. The first-order valence-corrected chi connectivity index (χ1v) is 8.77. The standard InChI is InChI=1S/C18H20N4O6/c1-20-12-5-3-2-4-10(12)11(19-20)8-22-14(24)6-7-21(18(22)27)17-16(26)15(25)13(9-23)28-17/h2-7,13,15-17,23,25-26H,8-9H2,1H3/t13-,15-,16-,17-/m1/s1. The first kappa shape index (κ1) is 18.6. The molecule has 0 amide bonds. The fourth-order valence-electron chi connectivity index (χ4n) is 3.54. The highest BCUT2D eigenvalue weighted by Gasteiger charge is 2.43. The summed E-state index contributed by atoms with van der Waals surface area (Å²) in [6, 6.07) is 8.64. The van der Waals surface area contributed by atoms with E-state index in [0.717, 1.165) is 20.0 Å². The Morgan fingerprint density at radius 2 is 1.89 bits per heavy atom. The lowest BCUT2D eigenvalue weighted by Gasteiger charge is -2.18. The van der Waals surface area contributed by atoms with E-state index in [1.54, 1.807) is 11.7 Å². The van der Waals surface area contributed by atoms with Crippen LogP contribution in [0.25, 0.3) is 10.9 Å². The lowest BCUT2D eigenvalue weighted by Crippen LogP contribution is -2.43. The molecule has 0 spiro atoms. The van der Waals surface area contributed by atoms with Crippen LogP contribution in [0.15, 0.2) is 46.1 Å². The van der Waals surface area contributed by atoms with Crippen molar-refractivity contribution < 1.29 is 20.1 Å². The summed E-state index contributed by atoms with van der Waals surface area (Å²) in [7, 11) is 1.77. The van der Waals surface area contributed by atoms with Crippen LogP contribution in [0.1, 0.15) is 11.9 Å². The second kappa shape index (κ2) is 6.99. The maximum atomic E-state index is 12.9. The number of para-hydroxylation sites is 1. The van der Waals surface area contributed by atoms with E-state index in [0.29, 0.717) is 5.69 Å². The zero-order valence-electron chi connectivity index (χ0n) is 15.0. The minimum Gasteiger partial charge on any atom is -0.394 e. The van der Waals surface area contributed by atoms with Gasteiger partial charge in [0, 0.05) is 24.7 Å². The molecule has 4 atom stereocenters. The third kappa shape index (κ3) is 2.87. The maximum absolute atomic E-state index is 12.9. The summed E-state index contributed by atoms with van der Waals surface area (Å²) >= 11 is 0. The van der Waals surface area contributed by atoms with E-state index < -0.39 is 42.4 Å². The Labute approximate surface area is 158 Å². The molecule has 0 bridgehead atoms. The van der Waals surface area contributed by atoms with Gasteiger partial charge in [-0.25, -0.2) is 4.79 Å². The zero-order chi connectivity index (χ0) is 20.0. The summed E-state index contributed by atoms with van der Waals surface area (Å²) in [5.74, 6) is 0. The predicted octanol–water partition coefficient (Wildman–Crippen LogP) is -1.44. The van der Waals surface area contributed by atoms with Gasteiger partial charge in [-0.1, -0.05) is 18.2 Å². The average Bonchev–Trinajstić information content (AvgIpc) is 3.16. The molecule has 28 heavy (non-hydrogen) atoms. The van der Waals surface area contributed by atoms with E-state index in [4.69, 9.17) is 4.74 Å². The van der Waals surface area contributed by atoms with E-state index in [2.05, 4.69) is 5.10 Å². The molecule has 1 aliphatic rings. The molecule has 0 unspecified atom stereocenters. The number of nitrogens with zero attached hydrogens (tertiary/aromatic N) is 4. The molecule has 3 heterocycles. The van der Waals surface area contributed by atoms with Crippen molar-refractivity contribution in [1.82, 2.24) is 18.9 Å². The molecule has 1 aliphatic heterocycles. The third-order valence-corrected chi connectivity index (χ3v) is 5.03. The van der Waals surface area contributed by atoms with Crippen LogP contribution in [0, 0.1) is 0 Å². The molecule has 0 saturated carbocycles. The number of aryl methyl sites for hydroxylation is 1. The fraction of sp³-hybridized carbons (Fsp3) is 0.389. The van der Waals surface area contributed by atoms with Crippen molar-refractivity contribution in [3.05, 3.63) is 63.1 Å². The summed E-state index contributed by atoms with van der Waals surface area (Å²) in [6.45, 7) is -0.572. The predicted molar refractivity (Wildman–Crippen MR) is 97.8 cm³/mol. The summed E-state index contributed by atoms with van der Waals surface area (Å²) in [4.78, 5) is 25.3. The molecular weight excluding hydrogens is 368 g/mol. The van der Waals surface area contributed by atoms with Gasteiger partial charge in [0.15, 0.2) is 6.23 Å². The lowest BCUT2D eigenvalue weighted by molar-refractivity contribution is -0.0555. The third-order valence-electron chi connectivity index (χ3n) is 5.03. The van der Waals surface area contributed by atoms with E-state index in [1.807, 2.05) is 24.3 Å². The molecule has 1 saturated heterocycles. The average molecular weight is 388 g/mol. The Bertz CT molecular complexity index is 1130. The van der Waals surface area contributed by atoms with Gasteiger partial charge in [-0.15, -0.1) is 0 Å². The van der Waals surface area contributed by atoms with Crippen LogP contribution in [0.2, 0.25) is 0 Å². The Hall–Kier alpha value is -2.79. The number of hydrogen-bond donors (Lipinski definition) is 3. The molecule has 1 fully saturated rings. The maximum Gasteiger partial charge on any atom is 0.333 e. The van der Waals surface area contributed by atoms with Crippen LogP contribution < -0.4 is 11.2 Å². The van der Waals surface area contributed by atoms with Crippen molar-refractivity contribution in [2.24, 2.45) is 7.05 Å². The molecule has 0 aliphatic carbocycles. The molecule has 1 aromatic carbocycles. The normalized spacial score (nSPS) is 24.9. The van der Waals surface area contributed by atoms with Gasteiger partial charge in [-0.05, 0) is 6.07 Å². The van der Waals surface area contributed by atoms with Crippen molar-refractivity contribution in [3.63, 3.8) is 0 Å². The summed E-state index contributed by atoms with van der Waals surface area (Å²) in [6.07, 6.45) is -3.80. The highest BCUT2D eigenvalue weighted by molar-refractivity contribution is 5.81. The monoisotopic (exact) mass is 388 g/mol. The van der Waals surface area contributed by atoms with Gasteiger partial charge >= 0.3 is 5.69 Å². The number of aliphatic hydroxyl groups is 3. The van der Waals surface area contributed by atoms with Crippen LogP contribution in [0.4, 0.5) is 0 Å². The van der Waals surface area contributed by atoms with Crippen LogP contribution in [0.3, 0.4) is 0 Å². The number of aromatic nitrogens is 4. The highest BCUT2D eigenvalue weighted by atomic mass is 16.6. The van der Waals surface area contributed by atoms with Gasteiger partial charge < -0.3 is 20.1 Å². The smallest absolute Gasteiger partial charge is 0.333 e. The van der Waals surface area contributed by atoms with Crippen LogP contribution in [-0.2, 0) is 18.3 Å². The molecule has 3 aromatic rings. The molecule has 10 heteroatoms. The molecular formula is C18H20N4O6. The first-order chi connectivity index (χ1) is 13.4. The van der Waals surface area contributed by atoms with Crippen molar-refractivity contribution in [2.75, 3.05) is 6.61 Å². The van der Waals surface area contributed by atoms with E-state index >= 15 is 0 Å². The van der Waals surface area contributed by atoms with Crippen LogP contribution in [-0.4, -0.2) is 59.2 Å². The molecule has 3 N–H and O–H groups in total. The SMILES string of the molecule is Cn1nc(Cn2c(=O)ccn([C@@H]3O[C@H](CO)[C@@H](O)[C@H]3O)c2=O)c2ccccc21. The minimum atomic E-state index is -1.42. The van der Waals surface area contributed by atoms with Crippen molar-refractivity contribution in [1.29, 1.82) is 0 Å². The second-order valence-electron chi connectivity index (χ2n) is 6.75. The summed E-state index contributed by atoms with van der Waals surface area (Å²) in [5, 5.41) is 34.6. The highest BCUT2D eigenvalue weighted by Crippen LogP contribution is 2.27. The zero-order valence-corrected chi connectivity index (χ0v) is 15.0. The van der Waals surface area contributed by atoms with Gasteiger partial charge in [-0.2, -0.15) is 5.10 Å². The number of hydrogen-bond acceptors (Lipinski definition) is 7. The van der Waals surface area contributed by atoms with E-state index in [-0.39, 0.29) is 6.54 Å². The number of benzene rings is 1. The lowest BCUT2D eigenvalue weighted by atomic mass is 10.1. The molecule has 0 radical (unpaired) electrons. The molecule has 2 aromatic heterocycles. The first-order valence-electron chi connectivity index (χ1n) is 8.77. The Morgan fingerprint density at radius 3 is 2.61 bits per heavy atom. The minimum absolute atomic E-state index is 0.0609. The van der Waals surface area contributed by atoms with Gasteiger partial charge in [0.05, 0.1) is 24.4 Å². The van der Waals surface area contributed by atoms with Crippen LogP contribution >= 0.6 is 0 Å². The van der Waals surface area contributed by atoms with Gasteiger partial charge in [0.25, 0.3) is 5.56 Å². The van der Waals surface area contributed by atoms with Crippen molar-refractivity contribution in [2.45, 2.75) is 31.1 Å². The van der Waals surface area contributed by atoms with E-state index in [1.165, 1.54) is 12.3 Å². The van der Waals surface area contributed by atoms with Crippen molar-refractivity contribution >= 4 is 10.9 Å². The Balaban J connectivity index is 1.76. The molecule has 4 rings (SSSR count). The van der Waals surface area contributed by atoms with Crippen molar-refractivity contribution in [3.8, 4) is 0 Å². The second-order valence-corrected chi connectivity index (χ2v) is 6.75. The summed E-state index contributed by atoms with van der Waals surface area (Å²) in [5.41, 5.74) is 0.182. The molecule has 148 valence electrons. The van der Waals surface area contributed by atoms with Gasteiger partial charge in [0.2, 0.25) is 0 Å².